The van der Waals surface area contributed by atoms with Gasteiger partial charge in [-0.05, 0) is 24.6 Å². The molecule has 2 aromatic rings. The van der Waals surface area contributed by atoms with Gasteiger partial charge in [0.05, 0.1) is 11.3 Å². The minimum Gasteiger partial charge on any atom is -0.478 e. The van der Waals surface area contributed by atoms with Crippen molar-refractivity contribution in [2.75, 3.05) is 0 Å². The first-order valence-electron chi connectivity index (χ1n) is 6.06. The molecule has 0 atom stereocenters. The maximum absolute atomic E-state index is 13.6. The molecule has 1 aromatic heterocycles. The van der Waals surface area contributed by atoms with E-state index in [1.54, 1.807) is 0 Å². The summed E-state index contributed by atoms with van der Waals surface area (Å²) in [5.41, 5.74) is 1.42. The summed E-state index contributed by atoms with van der Waals surface area (Å²) in [6.45, 7) is 1.97. The third kappa shape index (κ3) is 2.93. The SMILES string of the molecule is CCCc1c(Cl)ncnc1-c1cc(F)cc(C(=O)O)c1. The van der Waals surface area contributed by atoms with Gasteiger partial charge in [-0.3, -0.25) is 0 Å². The van der Waals surface area contributed by atoms with Gasteiger partial charge in [-0.15, -0.1) is 0 Å². The monoisotopic (exact) mass is 294 g/mol. The Kier molecular flexibility index (Phi) is 4.29. The molecule has 0 bridgehead atoms. The smallest absolute Gasteiger partial charge is 0.335 e. The average molecular weight is 295 g/mol. The van der Waals surface area contributed by atoms with Crippen molar-refractivity contribution in [1.82, 2.24) is 9.97 Å². The van der Waals surface area contributed by atoms with Crippen molar-refractivity contribution in [2.24, 2.45) is 0 Å². The van der Waals surface area contributed by atoms with Crippen LogP contribution in [0.15, 0.2) is 24.5 Å². The summed E-state index contributed by atoms with van der Waals surface area (Å²) in [6, 6.07) is 3.58. The molecule has 0 aliphatic carbocycles. The predicted octanol–water partition coefficient (Wildman–Crippen LogP) is 3.59. The first kappa shape index (κ1) is 14.4. The highest BCUT2D eigenvalue weighted by Crippen LogP contribution is 2.28. The molecule has 0 saturated heterocycles. The van der Waals surface area contributed by atoms with E-state index in [0.29, 0.717) is 28.4 Å². The number of carbonyl (C=O) groups is 1. The summed E-state index contributed by atoms with van der Waals surface area (Å²) < 4.78 is 13.6. The Morgan fingerprint density at radius 3 is 2.75 bits per heavy atom. The van der Waals surface area contributed by atoms with E-state index in [1.807, 2.05) is 6.92 Å². The van der Waals surface area contributed by atoms with E-state index in [9.17, 15) is 9.18 Å². The Balaban J connectivity index is 2.62. The Morgan fingerprint density at radius 2 is 2.10 bits per heavy atom. The first-order chi connectivity index (χ1) is 9.52. The Hall–Kier alpha value is -2.01. The van der Waals surface area contributed by atoms with E-state index in [2.05, 4.69) is 9.97 Å². The minimum absolute atomic E-state index is 0.128. The molecule has 104 valence electrons. The van der Waals surface area contributed by atoms with Gasteiger partial charge in [0.15, 0.2) is 0 Å². The number of halogens is 2. The summed E-state index contributed by atoms with van der Waals surface area (Å²) in [6.07, 6.45) is 2.73. The second-order valence-corrected chi connectivity index (χ2v) is 4.63. The quantitative estimate of drug-likeness (QED) is 0.875. The number of carboxylic acid groups (broad SMARTS) is 1. The van der Waals surface area contributed by atoms with Crippen LogP contribution in [0.25, 0.3) is 11.3 Å². The standard InChI is InChI=1S/C14H12ClFN2O2/c1-2-3-11-12(17-7-18-13(11)15)8-4-9(14(19)20)6-10(16)5-8/h4-7H,2-3H2,1H3,(H,19,20). The van der Waals surface area contributed by atoms with Gasteiger partial charge < -0.3 is 5.11 Å². The van der Waals surface area contributed by atoms with Gasteiger partial charge in [0, 0.05) is 11.1 Å². The molecule has 2 rings (SSSR count). The van der Waals surface area contributed by atoms with Crippen molar-refractivity contribution >= 4 is 17.6 Å². The van der Waals surface area contributed by atoms with Crippen LogP contribution in [0, 0.1) is 5.82 Å². The van der Waals surface area contributed by atoms with Crippen molar-refractivity contribution in [3.8, 4) is 11.3 Å². The second-order valence-electron chi connectivity index (χ2n) is 4.28. The molecule has 0 fully saturated rings. The zero-order chi connectivity index (χ0) is 14.7. The van der Waals surface area contributed by atoms with E-state index < -0.39 is 11.8 Å². The summed E-state index contributed by atoms with van der Waals surface area (Å²) in [5.74, 6) is -1.82. The van der Waals surface area contributed by atoms with Crippen LogP contribution >= 0.6 is 11.6 Å². The molecule has 0 aliphatic rings. The highest BCUT2D eigenvalue weighted by Gasteiger charge is 2.14. The third-order valence-corrected chi connectivity index (χ3v) is 3.14. The maximum atomic E-state index is 13.6. The lowest BCUT2D eigenvalue weighted by atomic mass is 10.0. The number of aromatic carboxylic acids is 1. The van der Waals surface area contributed by atoms with E-state index in [-0.39, 0.29) is 5.56 Å². The van der Waals surface area contributed by atoms with Crippen molar-refractivity contribution < 1.29 is 14.3 Å². The lowest BCUT2D eigenvalue weighted by Gasteiger charge is -2.10. The van der Waals surface area contributed by atoms with E-state index in [1.165, 1.54) is 18.5 Å². The van der Waals surface area contributed by atoms with Crippen molar-refractivity contribution in [2.45, 2.75) is 19.8 Å². The van der Waals surface area contributed by atoms with Crippen LogP contribution in [0.1, 0.15) is 29.3 Å². The number of nitrogens with zero attached hydrogens (tertiary/aromatic N) is 2. The van der Waals surface area contributed by atoms with Gasteiger partial charge in [0.2, 0.25) is 0 Å². The molecule has 0 unspecified atom stereocenters. The van der Waals surface area contributed by atoms with Crippen LogP contribution in [0.4, 0.5) is 4.39 Å². The largest absolute Gasteiger partial charge is 0.478 e. The topological polar surface area (TPSA) is 63.1 Å². The van der Waals surface area contributed by atoms with Crippen molar-refractivity contribution in [3.05, 3.63) is 46.6 Å². The molecule has 0 saturated carbocycles. The number of carboxylic acids is 1. The van der Waals surface area contributed by atoms with Gasteiger partial charge in [-0.2, -0.15) is 0 Å². The minimum atomic E-state index is -1.19. The van der Waals surface area contributed by atoms with Gasteiger partial charge in [0.25, 0.3) is 0 Å². The summed E-state index contributed by atoms with van der Waals surface area (Å²) in [4.78, 5) is 19.0. The molecule has 0 spiro atoms. The van der Waals surface area contributed by atoms with E-state index in [4.69, 9.17) is 16.7 Å². The van der Waals surface area contributed by atoms with Crippen molar-refractivity contribution in [1.29, 1.82) is 0 Å². The predicted molar refractivity (Wildman–Crippen MR) is 73.4 cm³/mol. The number of rotatable bonds is 4. The number of hydrogen-bond donors (Lipinski definition) is 1. The lowest BCUT2D eigenvalue weighted by molar-refractivity contribution is 0.0696. The zero-order valence-corrected chi connectivity index (χ0v) is 11.5. The Labute approximate surface area is 120 Å². The zero-order valence-electron chi connectivity index (χ0n) is 10.7. The van der Waals surface area contributed by atoms with Crippen LogP contribution in [-0.4, -0.2) is 21.0 Å². The molecule has 0 radical (unpaired) electrons. The van der Waals surface area contributed by atoms with Crippen LogP contribution in [0.2, 0.25) is 5.15 Å². The van der Waals surface area contributed by atoms with Gasteiger partial charge in [-0.1, -0.05) is 24.9 Å². The van der Waals surface area contributed by atoms with Gasteiger partial charge in [-0.25, -0.2) is 19.2 Å². The molecule has 0 aliphatic heterocycles. The molecule has 1 aromatic carbocycles. The summed E-state index contributed by atoms with van der Waals surface area (Å²) in [7, 11) is 0. The lowest BCUT2D eigenvalue weighted by Crippen LogP contribution is -2.01. The molecule has 6 heteroatoms. The maximum Gasteiger partial charge on any atom is 0.335 e. The first-order valence-corrected chi connectivity index (χ1v) is 6.44. The average Bonchev–Trinajstić information content (AvgIpc) is 2.40. The molecule has 1 N–H and O–H groups in total. The van der Waals surface area contributed by atoms with Gasteiger partial charge in [0.1, 0.15) is 17.3 Å². The molecule has 4 nitrogen and oxygen atoms in total. The number of aromatic nitrogens is 2. The summed E-state index contributed by atoms with van der Waals surface area (Å²) >= 11 is 6.04. The summed E-state index contributed by atoms with van der Waals surface area (Å²) in [5, 5.41) is 9.29. The van der Waals surface area contributed by atoms with Crippen LogP contribution in [0.5, 0.6) is 0 Å². The molecule has 1 heterocycles. The second kappa shape index (κ2) is 5.96. The normalized spacial score (nSPS) is 10.6. The Morgan fingerprint density at radius 1 is 1.35 bits per heavy atom. The fourth-order valence-electron chi connectivity index (χ4n) is 1.96. The van der Waals surface area contributed by atoms with Crippen molar-refractivity contribution in [3.63, 3.8) is 0 Å². The highest BCUT2D eigenvalue weighted by atomic mass is 35.5. The fourth-order valence-corrected chi connectivity index (χ4v) is 2.19. The Bertz CT molecular complexity index is 662. The van der Waals surface area contributed by atoms with Crippen LogP contribution < -0.4 is 0 Å². The number of hydrogen-bond acceptors (Lipinski definition) is 3. The van der Waals surface area contributed by atoms with Crippen LogP contribution in [-0.2, 0) is 6.42 Å². The third-order valence-electron chi connectivity index (χ3n) is 2.81. The fraction of sp³-hybridized carbons (Fsp3) is 0.214. The molecular weight excluding hydrogens is 283 g/mol. The van der Waals surface area contributed by atoms with E-state index >= 15 is 0 Å². The molecule has 0 amide bonds. The number of benzene rings is 1. The molecule has 20 heavy (non-hydrogen) atoms. The highest BCUT2D eigenvalue weighted by molar-refractivity contribution is 6.30. The van der Waals surface area contributed by atoms with Crippen LogP contribution in [0.3, 0.4) is 0 Å². The van der Waals surface area contributed by atoms with Gasteiger partial charge >= 0.3 is 5.97 Å². The molecular formula is C14H12ClFN2O2. The van der Waals surface area contributed by atoms with E-state index in [0.717, 1.165) is 12.5 Å².